The number of fused-ring (bicyclic) bond motifs is 1. The summed E-state index contributed by atoms with van der Waals surface area (Å²) in [6.07, 6.45) is 3.44. The van der Waals surface area contributed by atoms with Gasteiger partial charge in [-0.25, -0.2) is 4.99 Å². The lowest BCUT2D eigenvalue weighted by atomic mass is 9.91. The molecule has 1 unspecified atom stereocenters. The molecule has 5 heteroatoms. The van der Waals surface area contributed by atoms with Gasteiger partial charge in [0.15, 0.2) is 0 Å². The third-order valence-electron chi connectivity index (χ3n) is 6.55. The fraction of sp³-hybridized carbons (Fsp3) is 0.194. The number of aliphatic imine (C=N–C) groups is 1. The van der Waals surface area contributed by atoms with Crippen molar-refractivity contribution in [2.45, 2.75) is 25.8 Å². The number of carboxylic acids is 1. The zero-order valence-corrected chi connectivity index (χ0v) is 20.1. The molecule has 180 valence electrons. The first kappa shape index (κ1) is 23.5. The molecule has 4 aromatic rings. The molecule has 2 heterocycles. The summed E-state index contributed by atoms with van der Waals surface area (Å²) in [6, 6.07) is 32.9. The van der Waals surface area contributed by atoms with E-state index >= 15 is 0 Å². The van der Waals surface area contributed by atoms with Gasteiger partial charge < -0.3 is 10.0 Å². The predicted molar refractivity (Wildman–Crippen MR) is 144 cm³/mol. The monoisotopic (exact) mass is 475 g/mol. The molecule has 1 aliphatic rings. The van der Waals surface area contributed by atoms with Crippen LogP contribution in [-0.2, 0) is 17.8 Å². The molecule has 0 amide bonds. The highest BCUT2D eigenvalue weighted by molar-refractivity contribution is 6.13. The van der Waals surface area contributed by atoms with Gasteiger partial charge in [0.05, 0.1) is 29.0 Å². The van der Waals surface area contributed by atoms with E-state index in [4.69, 9.17) is 9.98 Å². The SMILES string of the molecule is O=C(O)CCC1Cc2ncc(N=C(c3ccccc3)c3ccccc3)cc2N(Cc2ccccc2)C1. The zero-order valence-electron chi connectivity index (χ0n) is 20.1. The van der Waals surface area contributed by atoms with E-state index in [2.05, 4.69) is 47.4 Å². The van der Waals surface area contributed by atoms with Gasteiger partial charge in [0.1, 0.15) is 0 Å². The molecule has 5 rings (SSSR count). The van der Waals surface area contributed by atoms with Gasteiger partial charge in [0, 0.05) is 30.6 Å². The van der Waals surface area contributed by atoms with E-state index in [-0.39, 0.29) is 12.3 Å². The van der Waals surface area contributed by atoms with E-state index in [1.54, 1.807) is 0 Å². The standard InChI is InChI=1S/C31H29N3O2/c35-30(36)17-16-24-18-28-29(34(22-24)21-23-10-4-1-5-11-23)19-27(20-32-28)33-31(25-12-6-2-7-13-25)26-14-8-3-9-15-26/h1-15,19-20,24H,16-18,21-22H2,(H,35,36). The van der Waals surface area contributed by atoms with Gasteiger partial charge in [-0.15, -0.1) is 0 Å². The van der Waals surface area contributed by atoms with Crippen molar-refractivity contribution >= 4 is 23.1 Å². The number of pyridine rings is 1. The molecule has 1 aromatic heterocycles. The predicted octanol–water partition coefficient (Wildman–Crippen LogP) is 6.29. The number of carbonyl (C=O) groups is 1. The molecule has 0 radical (unpaired) electrons. The molecular formula is C31H29N3O2. The van der Waals surface area contributed by atoms with Crippen LogP contribution >= 0.6 is 0 Å². The Morgan fingerprint density at radius 1 is 0.917 bits per heavy atom. The van der Waals surface area contributed by atoms with E-state index in [9.17, 15) is 9.90 Å². The van der Waals surface area contributed by atoms with Crippen LogP contribution in [0.1, 0.15) is 35.2 Å². The fourth-order valence-electron chi connectivity index (χ4n) is 4.80. The van der Waals surface area contributed by atoms with Crippen LogP contribution in [0.25, 0.3) is 0 Å². The van der Waals surface area contributed by atoms with Gasteiger partial charge in [0.25, 0.3) is 0 Å². The number of benzene rings is 3. The van der Waals surface area contributed by atoms with Crippen molar-refractivity contribution in [2.75, 3.05) is 11.4 Å². The number of hydrogen-bond acceptors (Lipinski definition) is 4. The normalized spacial score (nSPS) is 14.7. The fourth-order valence-corrected chi connectivity index (χ4v) is 4.80. The molecule has 0 fully saturated rings. The van der Waals surface area contributed by atoms with E-state index < -0.39 is 5.97 Å². The first-order chi connectivity index (χ1) is 17.7. The van der Waals surface area contributed by atoms with Crippen LogP contribution in [-0.4, -0.2) is 28.3 Å². The van der Waals surface area contributed by atoms with Crippen LogP contribution < -0.4 is 4.90 Å². The molecule has 0 bridgehead atoms. The molecule has 0 aliphatic carbocycles. The topological polar surface area (TPSA) is 65.8 Å². The Morgan fingerprint density at radius 2 is 1.53 bits per heavy atom. The van der Waals surface area contributed by atoms with Crippen molar-refractivity contribution in [2.24, 2.45) is 10.9 Å². The summed E-state index contributed by atoms with van der Waals surface area (Å²) in [5.41, 5.74) is 7.11. The van der Waals surface area contributed by atoms with Crippen molar-refractivity contribution in [1.29, 1.82) is 0 Å². The second kappa shape index (κ2) is 11.0. The molecule has 1 N–H and O–H groups in total. The lowest BCUT2D eigenvalue weighted by Crippen LogP contribution is -2.35. The van der Waals surface area contributed by atoms with Gasteiger partial charge in [-0.1, -0.05) is 91.0 Å². The Bertz CT molecular complexity index is 1300. The maximum absolute atomic E-state index is 11.2. The minimum Gasteiger partial charge on any atom is -0.481 e. The molecule has 5 nitrogen and oxygen atoms in total. The average molecular weight is 476 g/mol. The van der Waals surface area contributed by atoms with Crippen molar-refractivity contribution in [3.63, 3.8) is 0 Å². The minimum absolute atomic E-state index is 0.180. The van der Waals surface area contributed by atoms with Gasteiger partial charge in [-0.05, 0) is 30.4 Å². The maximum atomic E-state index is 11.2. The van der Waals surface area contributed by atoms with Crippen LogP contribution in [0.2, 0.25) is 0 Å². The Kier molecular flexibility index (Phi) is 7.17. The molecule has 3 aromatic carbocycles. The van der Waals surface area contributed by atoms with E-state index in [0.717, 1.165) is 53.4 Å². The molecule has 0 saturated heterocycles. The van der Waals surface area contributed by atoms with E-state index in [1.807, 2.05) is 60.8 Å². The second-order valence-electron chi connectivity index (χ2n) is 9.22. The van der Waals surface area contributed by atoms with Crippen LogP contribution in [0.3, 0.4) is 0 Å². The minimum atomic E-state index is -0.748. The Labute approximate surface area is 211 Å². The number of aliphatic carboxylic acids is 1. The maximum Gasteiger partial charge on any atom is 0.303 e. The highest BCUT2D eigenvalue weighted by atomic mass is 16.4. The number of rotatable bonds is 8. The third kappa shape index (κ3) is 5.69. The van der Waals surface area contributed by atoms with Crippen LogP contribution in [0.4, 0.5) is 11.4 Å². The zero-order chi connectivity index (χ0) is 24.7. The third-order valence-corrected chi connectivity index (χ3v) is 6.55. The van der Waals surface area contributed by atoms with E-state index in [1.165, 1.54) is 5.56 Å². The molecule has 36 heavy (non-hydrogen) atoms. The summed E-state index contributed by atoms with van der Waals surface area (Å²) >= 11 is 0. The molecule has 0 spiro atoms. The number of nitrogens with zero attached hydrogens (tertiary/aromatic N) is 3. The van der Waals surface area contributed by atoms with Gasteiger partial charge >= 0.3 is 5.97 Å². The second-order valence-corrected chi connectivity index (χ2v) is 9.22. The first-order valence-corrected chi connectivity index (χ1v) is 12.3. The summed E-state index contributed by atoms with van der Waals surface area (Å²) in [7, 11) is 0. The number of carboxylic acid groups (broad SMARTS) is 1. The number of hydrogen-bond donors (Lipinski definition) is 1. The van der Waals surface area contributed by atoms with Crippen LogP contribution in [0.15, 0.2) is 108 Å². The Balaban J connectivity index is 1.52. The van der Waals surface area contributed by atoms with Gasteiger partial charge in [0.2, 0.25) is 0 Å². The summed E-state index contributed by atoms with van der Waals surface area (Å²) in [4.78, 5) is 23.4. The van der Waals surface area contributed by atoms with Gasteiger partial charge in [-0.2, -0.15) is 0 Å². The van der Waals surface area contributed by atoms with Crippen molar-refractivity contribution in [3.05, 3.63) is 126 Å². The number of aromatic nitrogens is 1. The Hall–Kier alpha value is -4.25. The van der Waals surface area contributed by atoms with Gasteiger partial charge in [-0.3, -0.25) is 9.78 Å². The lowest BCUT2D eigenvalue weighted by molar-refractivity contribution is -0.137. The largest absolute Gasteiger partial charge is 0.481 e. The van der Waals surface area contributed by atoms with E-state index in [0.29, 0.717) is 6.42 Å². The smallest absolute Gasteiger partial charge is 0.303 e. The van der Waals surface area contributed by atoms with Crippen LogP contribution in [0, 0.1) is 5.92 Å². The Morgan fingerprint density at radius 3 is 2.14 bits per heavy atom. The van der Waals surface area contributed by atoms with Crippen LogP contribution in [0.5, 0.6) is 0 Å². The number of anilines is 1. The summed E-state index contributed by atoms with van der Waals surface area (Å²) in [5, 5.41) is 9.20. The van der Waals surface area contributed by atoms with Crippen molar-refractivity contribution in [3.8, 4) is 0 Å². The lowest BCUT2D eigenvalue weighted by Gasteiger charge is -2.35. The molecule has 0 saturated carbocycles. The quantitative estimate of drug-likeness (QED) is 0.304. The molecule has 1 aliphatic heterocycles. The summed E-state index contributed by atoms with van der Waals surface area (Å²) < 4.78 is 0. The van der Waals surface area contributed by atoms with Crippen molar-refractivity contribution in [1.82, 2.24) is 4.98 Å². The highest BCUT2D eigenvalue weighted by Crippen LogP contribution is 2.34. The van der Waals surface area contributed by atoms with Crippen molar-refractivity contribution < 1.29 is 9.90 Å². The molecule has 1 atom stereocenters. The average Bonchev–Trinajstić information content (AvgIpc) is 2.92. The molecular weight excluding hydrogens is 446 g/mol. The summed E-state index contributed by atoms with van der Waals surface area (Å²) in [5.74, 6) is -0.495. The summed E-state index contributed by atoms with van der Waals surface area (Å²) in [6.45, 7) is 1.55. The first-order valence-electron chi connectivity index (χ1n) is 12.3. The highest BCUT2D eigenvalue weighted by Gasteiger charge is 2.26.